The van der Waals surface area contributed by atoms with Gasteiger partial charge in [-0.1, -0.05) is 0 Å². The molecule has 0 bridgehead atoms. The molecule has 2 saturated carbocycles. The lowest BCUT2D eigenvalue weighted by atomic mass is 9.98. The number of aromatic nitrogens is 5. The molecule has 21 heavy (non-hydrogen) atoms. The number of rotatable bonds is 6. The van der Waals surface area contributed by atoms with Crippen LogP contribution in [0.2, 0.25) is 5.28 Å². The lowest BCUT2D eigenvalue weighted by Gasteiger charge is -2.16. The van der Waals surface area contributed by atoms with Gasteiger partial charge in [-0.2, -0.15) is 20.1 Å². The highest BCUT2D eigenvalue weighted by Gasteiger charge is 2.41. The second-order valence-electron chi connectivity index (χ2n) is 5.90. The van der Waals surface area contributed by atoms with Gasteiger partial charge in [0, 0.05) is 18.9 Å². The highest BCUT2D eigenvalue weighted by atomic mass is 35.5. The van der Waals surface area contributed by atoms with Crippen molar-refractivity contribution in [3.8, 4) is 5.95 Å². The van der Waals surface area contributed by atoms with Crippen molar-refractivity contribution in [2.75, 3.05) is 11.9 Å². The lowest BCUT2D eigenvalue weighted by Crippen LogP contribution is -2.20. The van der Waals surface area contributed by atoms with Gasteiger partial charge in [-0.15, -0.1) is 0 Å². The van der Waals surface area contributed by atoms with E-state index >= 15 is 0 Å². The SMILES string of the molecule is Clc1nc(NCC(C2CC2)C2CC2)nc(-n2cccn2)n1. The van der Waals surface area contributed by atoms with Gasteiger partial charge in [0.2, 0.25) is 11.2 Å². The molecule has 6 nitrogen and oxygen atoms in total. The Balaban J connectivity index is 1.49. The molecule has 110 valence electrons. The van der Waals surface area contributed by atoms with E-state index in [9.17, 15) is 0 Å². The smallest absolute Gasteiger partial charge is 0.256 e. The molecule has 0 amide bonds. The van der Waals surface area contributed by atoms with E-state index in [1.54, 1.807) is 17.1 Å². The molecular weight excluding hydrogens is 288 g/mol. The predicted molar refractivity (Wildman–Crippen MR) is 79.4 cm³/mol. The third-order valence-corrected chi connectivity index (χ3v) is 4.43. The molecule has 0 unspecified atom stereocenters. The molecule has 1 N–H and O–H groups in total. The number of nitrogens with one attached hydrogen (secondary N) is 1. The molecule has 2 aromatic rings. The van der Waals surface area contributed by atoms with Crippen LogP contribution < -0.4 is 5.32 Å². The second-order valence-corrected chi connectivity index (χ2v) is 6.24. The summed E-state index contributed by atoms with van der Waals surface area (Å²) in [5, 5.41) is 7.65. The molecule has 2 heterocycles. The minimum atomic E-state index is 0.187. The fourth-order valence-corrected chi connectivity index (χ4v) is 3.04. The van der Waals surface area contributed by atoms with Crippen LogP contribution in [-0.2, 0) is 0 Å². The van der Waals surface area contributed by atoms with E-state index in [1.807, 2.05) is 6.07 Å². The van der Waals surface area contributed by atoms with Crippen LogP contribution in [0.3, 0.4) is 0 Å². The van der Waals surface area contributed by atoms with Gasteiger partial charge in [0.15, 0.2) is 0 Å². The van der Waals surface area contributed by atoms with Crippen molar-refractivity contribution in [3.05, 3.63) is 23.7 Å². The Bertz CT molecular complexity index is 608. The van der Waals surface area contributed by atoms with Gasteiger partial charge in [-0.3, -0.25) is 0 Å². The molecule has 2 aromatic heterocycles. The summed E-state index contributed by atoms with van der Waals surface area (Å²) in [6.07, 6.45) is 8.96. The Kier molecular flexibility index (Phi) is 3.25. The maximum atomic E-state index is 5.99. The maximum absolute atomic E-state index is 5.99. The molecule has 2 fully saturated rings. The summed E-state index contributed by atoms with van der Waals surface area (Å²) in [7, 11) is 0. The number of hydrogen-bond acceptors (Lipinski definition) is 5. The average Bonchev–Trinajstić information content (AvgIpc) is 3.40. The highest BCUT2D eigenvalue weighted by molar-refractivity contribution is 6.28. The molecule has 0 radical (unpaired) electrons. The van der Waals surface area contributed by atoms with E-state index in [1.165, 1.54) is 25.7 Å². The van der Waals surface area contributed by atoms with Crippen LogP contribution in [-0.4, -0.2) is 31.3 Å². The minimum Gasteiger partial charge on any atom is -0.354 e. The van der Waals surface area contributed by atoms with E-state index in [0.29, 0.717) is 11.9 Å². The van der Waals surface area contributed by atoms with E-state index in [-0.39, 0.29) is 5.28 Å². The first kappa shape index (κ1) is 13.0. The van der Waals surface area contributed by atoms with Crippen LogP contribution >= 0.6 is 11.6 Å². The second kappa shape index (κ2) is 5.26. The van der Waals surface area contributed by atoms with Gasteiger partial charge in [-0.25, -0.2) is 4.68 Å². The number of anilines is 1. The monoisotopic (exact) mass is 304 g/mol. The quantitative estimate of drug-likeness (QED) is 0.888. The summed E-state index contributed by atoms with van der Waals surface area (Å²) < 4.78 is 1.58. The van der Waals surface area contributed by atoms with Crippen molar-refractivity contribution in [1.82, 2.24) is 24.7 Å². The third-order valence-electron chi connectivity index (χ3n) is 4.26. The molecule has 4 rings (SSSR count). The first-order valence-corrected chi connectivity index (χ1v) is 7.83. The summed E-state index contributed by atoms with van der Waals surface area (Å²) in [5.41, 5.74) is 0. The summed E-state index contributed by atoms with van der Waals surface area (Å²) >= 11 is 5.99. The topological polar surface area (TPSA) is 68.5 Å². The minimum absolute atomic E-state index is 0.187. The zero-order valence-corrected chi connectivity index (χ0v) is 12.4. The zero-order valence-electron chi connectivity index (χ0n) is 11.6. The van der Waals surface area contributed by atoms with Gasteiger partial charge in [0.05, 0.1) is 0 Å². The first-order valence-electron chi connectivity index (χ1n) is 7.45. The molecular formula is C14H17ClN6. The summed E-state index contributed by atoms with van der Waals surface area (Å²) in [6, 6.07) is 1.82. The lowest BCUT2D eigenvalue weighted by molar-refractivity contribution is 0.427. The summed E-state index contributed by atoms with van der Waals surface area (Å²) in [4.78, 5) is 12.7. The molecule has 0 aliphatic heterocycles. The van der Waals surface area contributed by atoms with Crippen molar-refractivity contribution < 1.29 is 0 Å². The van der Waals surface area contributed by atoms with Crippen LogP contribution in [0.25, 0.3) is 5.95 Å². The summed E-state index contributed by atoms with van der Waals surface area (Å²) in [6.45, 7) is 0.925. The van der Waals surface area contributed by atoms with E-state index < -0.39 is 0 Å². The Morgan fingerprint density at radius 3 is 2.57 bits per heavy atom. The molecule has 0 atom stereocenters. The van der Waals surface area contributed by atoms with E-state index in [4.69, 9.17) is 11.6 Å². The normalized spacial score (nSPS) is 18.2. The Labute approximate surface area is 128 Å². The van der Waals surface area contributed by atoms with Crippen LogP contribution in [0.1, 0.15) is 25.7 Å². The van der Waals surface area contributed by atoms with Crippen molar-refractivity contribution in [1.29, 1.82) is 0 Å². The van der Waals surface area contributed by atoms with Crippen molar-refractivity contribution in [2.45, 2.75) is 25.7 Å². The maximum Gasteiger partial charge on any atom is 0.256 e. The molecule has 0 spiro atoms. The fraction of sp³-hybridized carbons (Fsp3) is 0.571. The van der Waals surface area contributed by atoms with Crippen LogP contribution in [0, 0.1) is 17.8 Å². The molecule has 2 aliphatic rings. The molecule has 7 heteroatoms. The van der Waals surface area contributed by atoms with Gasteiger partial charge in [0.25, 0.3) is 5.95 Å². The van der Waals surface area contributed by atoms with E-state index in [2.05, 4.69) is 25.4 Å². The zero-order chi connectivity index (χ0) is 14.2. The Hall–Kier alpha value is -1.69. The Morgan fingerprint density at radius 2 is 1.95 bits per heavy atom. The highest BCUT2D eigenvalue weighted by Crippen LogP contribution is 2.49. The van der Waals surface area contributed by atoms with Gasteiger partial charge in [-0.05, 0) is 61.1 Å². The number of hydrogen-bond donors (Lipinski definition) is 1. The van der Waals surface area contributed by atoms with Crippen molar-refractivity contribution in [2.24, 2.45) is 17.8 Å². The van der Waals surface area contributed by atoms with Crippen molar-refractivity contribution >= 4 is 17.5 Å². The standard InChI is InChI=1S/C14H17ClN6/c15-12-18-13(20-14(19-12)21-7-1-6-17-21)16-8-11(9-2-3-9)10-4-5-10/h1,6-7,9-11H,2-5,8H2,(H,16,18,19,20). The first-order chi connectivity index (χ1) is 10.3. The number of halogens is 1. The molecule has 0 saturated heterocycles. The number of nitrogens with zero attached hydrogens (tertiary/aromatic N) is 5. The molecule has 2 aliphatic carbocycles. The van der Waals surface area contributed by atoms with Crippen LogP contribution in [0.5, 0.6) is 0 Å². The van der Waals surface area contributed by atoms with Gasteiger partial charge >= 0.3 is 0 Å². The van der Waals surface area contributed by atoms with Gasteiger partial charge in [0.1, 0.15) is 0 Å². The van der Waals surface area contributed by atoms with Crippen LogP contribution in [0.4, 0.5) is 5.95 Å². The van der Waals surface area contributed by atoms with Gasteiger partial charge < -0.3 is 5.32 Å². The Morgan fingerprint density at radius 1 is 1.19 bits per heavy atom. The van der Waals surface area contributed by atoms with Crippen molar-refractivity contribution in [3.63, 3.8) is 0 Å². The third kappa shape index (κ3) is 3.00. The largest absolute Gasteiger partial charge is 0.354 e. The van der Waals surface area contributed by atoms with Crippen LogP contribution in [0.15, 0.2) is 18.5 Å². The molecule has 0 aromatic carbocycles. The summed E-state index contributed by atoms with van der Waals surface area (Å²) in [5.74, 6) is 3.53. The fourth-order valence-electron chi connectivity index (χ4n) is 2.88. The average molecular weight is 305 g/mol. The predicted octanol–water partition coefficient (Wildman–Crippen LogP) is 2.56. The van der Waals surface area contributed by atoms with E-state index in [0.717, 1.165) is 24.3 Å².